The molecule has 18 heteroatoms. The van der Waals surface area contributed by atoms with E-state index < -0.39 is 11.9 Å². The van der Waals surface area contributed by atoms with E-state index in [-0.39, 0.29) is 53.8 Å². The van der Waals surface area contributed by atoms with E-state index in [0.29, 0.717) is 70.6 Å². The number of piperidine rings is 2. The first-order chi connectivity index (χ1) is 33.8. The number of imide groups is 1. The number of ether oxygens (including phenoxy) is 1. The molecule has 3 aliphatic heterocycles. The van der Waals surface area contributed by atoms with Gasteiger partial charge in [0.1, 0.15) is 17.4 Å². The first-order valence-electron chi connectivity index (χ1n) is 23.6. The second-order valence-corrected chi connectivity index (χ2v) is 20.0. The highest BCUT2D eigenvalue weighted by Gasteiger charge is 2.47. The van der Waals surface area contributed by atoms with Crippen molar-refractivity contribution in [1.82, 2.24) is 34.9 Å². The topological polar surface area (TPSA) is 214 Å². The van der Waals surface area contributed by atoms with Crippen molar-refractivity contribution in [1.29, 1.82) is 0 Å². The summed E-state index contributed by atoms with van der Waals surface area (Å²) < 4.78 is 9.06. The molecule has 3 fully saturated rings. The molecule has 1 spiro atoms. The van der Waals surface area contributed by atoms with Gasteiger partial charge in [-0.15, -0.1) is 0 Å². The van der Waals surface area contributed by atoms with Gasteiger partial charge in [-0.3, -0.25) is 39.4 Å². The second-order valence-electron chi connectivity index (χ2n) is 19.0. The fourth-order valence-electron chi connectivity index (χ4n) is 10.7. The lowest BCUT2D eigenvalue weighted by molar-refractivity contribution is -0.134. The van der Waals surface area contributed by atoms with E-state index in [1.165, 1.54) is 11.3 Å². The Labute approximate surface area is 406 Å². The molecule has 4 amide bonds. The molecule has 1 aliphatic carbocycles. The zero-order chi connectivity index (χ0) is 48.3. The van der Waals surface area contributed by atoms with Crippen LogP contribution in [0.3, 0.4) is 0 Å². The van der Waals surface area contributed by atoms with Crippen molar-refractivity contribution in [3.63, 3.8) is 0 Å². The van der Waals surface area contributed by atoms with E-state index >= 15 is 0 Å². The Morgan fingerprint density at radius 1 is 0.900 bits per heavy atom. The number of carboxylic acid groups (broad SMARTS) is 1. The number of aryl methyl sites for hydroxylation is 2. The maximum atomic E-state index is 13.6. The number of carboxylic acids is 1. The molecule has 0 bridgehead atoms. The van der Waals surface area contributed by atoms with Crippen molar-refractivity contribution in [2.75, 3.05) is 41.7 Å². The lowest BCUT2D eigenvalue weighted by Gasteiger charge is -2.51. The summed E-state index contributed by atoms with van der Waals surface area (Å²) in [5.41, 5.74) is 6.73. The average Bonchev–Trinajstić information content (AvgIpc) is 3.90. The van der Waals surface area contributed by atoms with Crippen molar-refractivity contribution in [2.45, 2.75) is 70.4 Å². The number of carbonyl (C=O) groups excluding carboxylic acids is 4. The minimum absolute atomic E-state index is 0.0448. The summed E-state index contributed by atoms with van der Waals surface area (Å²) >= 11 is 1.43. The van der Waals surface area contributed by atoms with E-state index in [4.69, 9.17) is 9.72 Å². The van der Waals surface area contributed by atoms with Gasteiger partial charge in [0.15, 0.2) is 16.5 Å². The second kappa shape index (κ2) is 18.1. The number of rotatable bonds is 11. The molecule has 1 atom stereocenters. The van der Waals surface area contributed by atoms with Crippen LogP contribution in [0.25, 0.3) is 32.4 Å². The monoisotopic (exact) mass is 958 g/mol. The molecule has 7 heterocycles. The van der Waals surface area contributed by atoms with Crippen LogP contribution in [0, 0.1) is 12.3 Å². The van der Waals surface area contributed by atoms with Gasteiger partial charge in [-0.2, -0.15) is 5.10 Å². The van der Waals surface area contributed by atoms with Crippen molar-refractivity contribution < 1.29 is 33.8 Å². The first kappa shape index (κ1) is 44.9. The third-order valence-electron chi connectivity index (χ3n) is 14.4. The Balaban J connectivity index is 0.681. The molecule has 7 aromatic rings. The van der Waals surface area contributed by atoms with Crippen LogP contribution in [0.1, 0.15) is 87.7 Å². The summed E-state index contributed by atoms with van der Waals surface area (Å²) in [6, 6.07) is 26.5. The minimum Gasteiger partial charge on any atom is -0.490 e. The van der Waals surface area contributed by atoms with Gasteiger partial charge < -0.3 is 20.1 Å². The van der Waals surface area contributed by atoms with E-state index in [2.05, 4.69) is 35.9 Å². The van der Waals surface area contributed by atoms with Gasteiger partial charge in [0.25, 0.3) is 5.91 Å². The molecule has 17 nitrogen and oxygen atoms in total. The molecule has 0 radical (unpaired) electrons. The summed E-state index contributed by atoms with van der Waals surface area (Å²) in [4.78, 5) is 81.9. The molecule has 4 aromatic heterocycles. The molecule has 4 N–H and O–H groups in total. The number of hydrogen-bond acceptors (Lipinski definition) is 13. The molecule has 4 aliphatic rings. The van der Waals surface area contributed by atoms with Gasteiger partial charge in [0.05, 0.1) is 34.5 Å². The lowest BCUT2D eigenvalue weighted by Crippen LogP contribution is -2.51. The molecular formula is C52H50N10O7S. The zero-order valence-electron chi connectivity index (χ0n) is 38.7. The number of thiazole rings is 1. The van der Waals surface area contributed by atoms with Gasteiger partial charge >= 0.3 is 5.97 Å². The van der Waals surface area contributed by atoms with Crippen LogP contribution < -0.4 is 25.6 Å². The van der Waals surface area contributed by atoms with Gasteiger partial charge in [-0.1, -0.05) is 41.7 Å². The van der Waals surface area contributed by atoms with Gasteiger partial charge in [0, 0.05) is 43.1 Å². The van der Waals surface area contributed by atoms with E-state index in [0.717, 1.165) is 77.0 Å². The van der Waals surface area contributed by atoms with Crippen LogP contribution in [0.2, 0.25) is 0 Å². The maximum Gasteiger partial charge on any atom is 0.355 e. The maximum absolute atomic E-state index is 13.6. The summed E-state index contributed by atoms with van der Waals surface area (Å²) in [7, 11) is 1.74. The number of para-hydroxylation sites is 1. The third kappa shape index (κ3) is 8.72. The number of fused-ring (bicyclic) bond motifs is 3. The molecule has 3 aromatic carbocycles. The Kier molecular flexibility index (Phi) is 11.6. The highest BCUT2D eigenvalue weighted by Crippen LogP contribution is 2.50. The SMILES string of the molecule is Cc1cc(OC2CC3(CCN(CC(=O)Nc4ccc5c(C6CCC(=O)NC6=O)nn(C)c5n4)CC3)C2)ccc1-c1ccc(N2CCc3cccc(C(=O)Nc4nc5ccccc5s4)c3C2)nc1C(=O)O. The minimum atomic E-state index is -1.13. The normalized spacial score (nSPS) is 18.1. The number of amides is 4. The average molecular weight is 959 g/mol. The Hall–Kier alpha value is -7.57. The fourth-order valence-corrected chi connectivity index (χ4v) is 11.6. The van der Waals surface area contributed by atoms with E-state index in [1.54, 1.807) is 17.8 Å². The first-order valence-corrected chi connectivity index (χ1v) is 24.4. The zero-order valence-corrected chi connectivity index (χ0v) is 39.5. The Morgan fingerprint density at radius 2 is 1.71 bits per heavy atom. The van der Waals surface area contributed by atoms with Crippen LogP contribution in [-0.2, 0) is 34.4 Å². The van der Waals surface area contributed by atoms with Crippen LogP contribution in [-0.4, -0.2) is 96.6 Å². The van der Waals surface area contributed by atoms with Gasteiger partial charge in [0.2, 0.25) is 17.7 Å². The van der Waals surface area contributed by atoms with E-state index in [1.807, 2.05) is 90.7 Å². The van der Waals surface area contributed by atoms with Gasteiger partial charge in [-0.25, -0.2) is 19.7 Å². The van der Waals surface area contributed by atoms with Crippen molar-refractivity contribution in [3.05, 3.63) is 119 Å². The summed E-state index contributed by atoms with van der Waals surface area (Å²) in [6.45, 7) is 4.81. The lowest BCUT2D eigenvalue weighted by atomic mass is 9.61. The molecule has 356 valence electrons. The van der Waals surface area contributed by atoms with Crippen LogP contribution in [0.5, 0.6) is 5.75 Å². The molecule has 70 heavy (non-hydrogen) atoms. The Bertz CT molecular complexity index is 3240. The molecule has 1 saturated carbocycles. The standard InChI is InChI=1S/C52H50N10O7S/c1-29-24-31(69-32-25-52(26-32)19-22-61(23-20-52)28-44(64)54-41-15-12-36-45(59-60(2)47(36)55-41)37-14-17-43(63)57-49(37)66)10-11-33(29)34-13-16-42(56-46(34)50(67)68)62-21-18-30-6-5-7-35(38(30)27-62)48(65)58-51-53-39-8-3-4-9-40(39)70-51/h3-13,15-16,24,32,37H,14,17-23,25-28H2,1-2H3,(H,67,68)(H,53,58,65)(H,54,55,64)(H,57,63,66). The number of nitrogens with zero attached hydrogens (tertiary/aromatic N) is 7. The highest BCUT2D eigenvalue weighted by molar-refractivity contribution is 7.22. The largest absolute Gasteiger partial charge is 0.490 e. The predicted octanol–water partition coefficient (Wildman–Crippen LogP) is 7.24. The quantitative estimate of drug-likeness (QED) is 0.0943. The third-order valence-corrected chi connectivity index (χ3v) is 15.3. The molecular weight excluding hydrogens is 909 g/mol. The highest BCUT2D eigenvalue weighted by atomic mass is 32.1. The number of aromatic carboxylic acids is 1. The summed E-state index contributed by atoms with van der Waals surface area (Å²) in [5.74, 6) is -1.03. The van der Waals surface area contributed by atoms with Crippen molar-refractivity contribution >= 4 is 79.0 Å². The molecule has 1 unspecified atom stereocenters. The number of aromatic nitrogens is 5. The number of pyridine rings is 2. The van der Waals surface area contributed by atoms with Gasteiger partial charge in [-0.05, 0) is 141 Å². The number of anilines is 3. The molecule has 11 rings (SSSR count). The van der Waals surface area contributed by atoms with E-state index in [9.17, 15) is 29.1 Å². The number of likely N-dealkylation sites (tertiary alicyclic amines) is 1. The number of carbonyl (C=O) groups is 5. The van der Waals surface area contributed by atoms with Crippen LogP contribution in [0.15, 0.2) is 84.9 Å². The van der Waals surface area contributed by atoms with Crippen LogP contribution >= 0.6 is 11.3 Å². The number of benzene rings is 3. The Morgan fingerprint density at radius 3 is 2.50 bits per heavy atom. The number of nitrogens with one attached hydrogen (secondary N) is 3. The van der Waals surface area contributed by atoms with Crippen molar-refractivity contribution in [3.8, 4) is 16.9 Å². The summed E-state index contributed by atoms with van der Waals surface area (Å²) in [6.07, 6.45) is 5.16. The fraction of sp³-hybridized carbons (Fsp3) is 0.327. The summed E-state index contributed by atoms with van der Waals surface area (Å²) in [5, 5.41) is 24.5. The smallest absolute Gasteiger partial charge is 0.355 e. The predicted molar refractivity (Wildman–Crippen MR) is 264 cm³/mol. The van der Waals surface area contributed by atoms with Crippen molar-refractivity contribution in [2.24, 2.45) is 12.5 Å². The van der Waals surface area contributed by atoms with Crippen LogP contribution in [0.4, 0.5) is 16.8 Å². The number of hydrogen-bond donors (Lipinski definition) is 4. The molecule has 2 saturated heterocycles.